The summed E-state index contributed by atoms with van der Waals surface area (Å²) in [4.78, 5) is 2.33. The summed E-state index contributed by atoms with van der Waals surface area (Å²) in [6.07, 6.45) is 0.888. The van der Waals surface area contributed by atoms with Gasteiger partial charge in [0, 0.05) is 32.5 Å². The van der Waals surface area contributed by atoms with Crippen LogP contribution in [-0.2, 0) is 15.9 Å². The molecule has 1 aromatic rings. The van der Waals surface area contributed by atoms with Crippen LogP contribution in [0.25, 0.3) is 0 Å². The molecule has 1 aromatic carbocycles. The first-order valence-corrected chi connectivity index (χ1v) is 6.77. The van der Waals surface area contributed by atoms with Crippen molar-refractivity contribution in [1.82, 2.24) is 0 Å². The predicted molar refractivity (Wildman–Crippen MR) is 79.8 cm³/mol. The zero-order valence-corrected chi connectivity index (χ0v) is 12.3. The van der Waals surface area contributed by atoms with Gasteiger partial charge in [-0.2, -0.15) is 0 Å². The van der Waals surface area contributed by atoms with E-state index >= 15 is 0 Å². The smallest absolute Gasteiger partial charge is 0.0663 e. The molecule has 0 radical (unpaired) electrons. The van der Waals surface area contributed by atoms with Crippen LogP contribution in [0.5, 0.6) is 0 Å². The number of anilines is 1. The molecule has 0 aromatic heterocycles. The van der Waals surface area contributed by atoms with E-state index in [1.54, 1.807) is 14.2 Å². The Balaban J connectivity index is 2.94. The summed E-state index contributed by atoms with van der Waals surface area (Å²) < 4.78 is 10.5. The lowest BCUT2D eigenvalue weighted by atomic mass is 10.1. The van der Waals surface area contributed by atoms with Crippen molar-refractivity contribution in [2.45, 2.75) is 19.4 Å². The molecule has 0 spiro atoms. The van der Waals surface area contributed by atoms with Gasteiger partial charge in [0.1, 0.15) is 0 Å². The summed E-state index contributed by atoms with van der Waals surface area (Å²) in [5.41, 5.74) is 8.21. The fourth-order valence-corrected chi connectivity index (χ4v) is 2.26. The highest BCUT2D eigenvalue weighted by Crippen LogP contribution is 2.23. The summed E-state index contributed by atoms with van der Waals surface area (Å²) in [5.74, 6) is 0. The zero-order valence-electron chi connectivity index (χ0n) is 12.3. The number of rotatable bonds is 9. The maximum atomic E-state index is 5.70. The number of nitrogens with zero attached hydrogens (tertiary/aromatic N) is 1. The Bertz CT molecular complexity index is 358. The second kappa shape index (κ2) is 8.91. The minimum Gasteiger partial charge on any atom is -0.383 e. The van der Waals surface area contributed by atoms with Gasteiger partial charge in [-0.25, -0.2) is 0 Å². The second-order valence-electron chi connectivity index (χ2n) is 4.66. The Labute approximate surface area is 116 Å². The highest BCUT2D eigenvalue weighted by molar-refractivity contribution is 5.54. The normalized spacial score (nSPS) is 12.4. The number of para-hydroxylation sites is 1. The summed E-state index contributed by atoms with van der Waals surface area (Å²) in [5, 5.41) is 0. The quantitative estimate of drug-likeness (QED) is 0.738. The Morgan fingerprint density at radius 3 is 2.58 bits per heavy atom. The molecule has 0 aliphatic carbocycles. The van der Waals surface area contributed by atoms with Crippen LogP contribution < -0.4 is 10.6 Å². The molecule has 1 rings (SSSR count). The van der Waals surface area contributed by atoms with Gasteiger partial charge in [-0.3, -0.25) is 0 Å². The summed E-state index contributed by atoms with van der Waals surface area (Å²) in [7, 11) is 3.46. The van der Waals surface area contributed by atoms with Gasteiger partial charge >= 0.3 is 0 Å². The van der Waals surface area contributed by atoms with Crippen LogP contribution in [0.1, 0.15) is 12.5 Å². The fourth-order valence-electron chi connectivity index (χ4n) is 2.26. The van der Waals surface area contributed by atoms with Crippen molar-refractivity contribution < 1.29 is 9.47 Å². The Kier molecular flexibility index (Phi) is 7.48. The van der Waals surface area contributed by atoms with Crippen LogP contribution in [0.3, 0.4) is 0 Å². The van der Waals surface area contributed by atoms with Crippen LogP contribution in [-0.4, -0.2) is 46.6 Å². The van der Waals surface area contributed by atoms with Crippen molar-refractivity contribution in [1.29, 1.82) is 0 Å². The molecule has 0 fully saturated rings. The van der Waals surface area contributed by atoms with E-state index in [9.17, 15) is 0 Å². The molecular formula is C15H26N2O2. The molecule has 0 saturated heterocycles. The van der Waals surface area contributed by atoms with Gasteiger partial charge in [0.25, 0.3) is 0 Å². The van der Waals surface area contributed by atoms with Gasteiger partial charge < -0.3 is 20.1 Å². The average Bonchev–Trinajstić information content (AvgIpc) is 2.41. The number of nitrogens with two attached hydrogens (primary N) is 1. The van der Waals surface area contributed by atoms with Gasteiger partial charge in [-0.05, 0) is 31.5 Å². The molecule has 0 bridgehead atoms. The first-order valence-electron chi connectivity index (χ1n) is 6.77. The van der Waals surface area contributed by atoms with E-state index in [2.05, 4.69) is 36.1 Å². The van der Waals surface area contributed by atoms with Crippen molar-refractivity contribution in [2.24, 2.45) is 5.73 Å². The standard InChI is InChI=1S/C15H26N2O2/c1-13(12-19-3)17(10-11-18-2)15-7-5-4-6-14(15)8-9-16/h4-7,13H,8-12,16H2,1-3H3. The van der Waals surface area contributed by atoms with Crippen molar-refractivity contribution in [2.75, 3.05) is 45.4 Å². The second-order valence-corrected chi connectivity index (χ2v) is 4.66. The van der Waals surface area contributed by atoms with Crippen molar-refractivity contribution in [3.63, 3.8) is 0 Å². The van der Waals surface area contributed by atoms with Gasteiger partial charge in [0.2, 0.25) is 0 Å². The van der Waals surface area contributed by atoms with Gasteiger partial charge in [0.15, 0.2) is 0 Å². The molecule has 0 aliphatic heterocycles. The van der Waals surface area contributed by atoms with E-state index in [0.717, 1.165) is 13.0 Å². The van der Waals surface area contributed by atoms with Crippen LogP contribution in [0.2, 0.25) is 0 Å². The fraction of sp³-hybridized carbons (Fsp3) is 0.600. The first-order chi connectivity index (χ1) is 9.24. The SMILES string of the molecule is COCCN(c1ccccc1CCN)C(C)COC. The molecule has 108 valence electrons. The topological polar surface area (TPSA) is 47.7 Å². The van der Waals surface area contributed by atoms with Crippen LogP contribution in [0.4, 0.5) is 5.69 Å². The molecule has 1 atom stereocenters. The molecule has 0 heterocycles. The highest BCUT2D eigenvalue weighted by Gasteiger charge is 2.16. The molecule has 4 heteroatoms. The summed E-state index contributed by atoms with van der Waals surface area (Å²) in [6, 6.07) is 8.71. The lowest BCUT2D eigenvalue weighted by Gasteiger charge is -2.32. The van der Waals surface area contributed by atoms with Crippen LogP contribution >= 0.6 is 0 Å². The van der Waals surface area contributed by atoms with E-state index in [4.69, 9.17) is 15.2 Å². The molecule has 2 N–H and O–H groups in total. The zero-order chi connectivity index (χ0) is 14.1. The van der Waals surface area contributed by atoms with E-state index < -0.39 is 0 Å². The van der Waals surface area contributed by atoms with Crippen molar-refractivity contribution in [3.05, 3.63) is 29.8 Å². The molecule has 1 unspecified atom stereocenters. The summed E-state index contributed by atoms with van der Waals surface area (Å²) >= 11 is 0. The number of methoxy groups -OCH3 is 2. The van der Waals surface area contributed by atoms with E-state index in [-0.39, 0.29) is 0 Å². The molecule has 4 nitrogen and oxygen atoms in total. The van der Waals surface area contributed by atoms with Crippen LogP contribution in [0.15, 0.2) is 24.3 Å². The summed E-state index contributed by atoms with van der Waals surface area (Å²) in [6.45, 7) is 5.07. The molecular weight excluding hydrogens is 240 g/mol. The number of ether oxygens (including phenoxy) is 2. The monoisotopic (exact) mass is 266 g/mol. The maximum absolute atomic E-state index is 5.70. The van der Waals surface area contributed by atoms with Crippen molar-refractivity contribution >= 4 is 5.69 Å². The van der Waals surface area contributed by atoms with Crippen molar-refractivity contribution in [3.8, 4) is 0 Å². The largest absolute Gasteiger partial charge is 0.383 e. The Morgan fingerprint density at radius 2 is 1.95 bits per heavy atom. The predicted octanol–water partition coefficient (Wildman–Crippen LogP) is 1.68. The van der Waals surface area contributed by atoms with Gasteiger partial charge in [0.05, 0.1) is 13.2 Å². The van der Waals surface area contributed by atoms with Gasteiger partial charge in [-0.15, -0.1) is 0 Å². The first kappa shape index (κ1) is 16.0. The Hall–Kier alpha value is -1.10. The number of benzene rings is 1. The maximum Gasteiger partial charge on any atom is 0.0663 e. The number of hydrogen-bond acceptors (Lipinski definition) is 4. The molecule has 0 aliphatic rings. The minimum absolute atomic E-state index is 0.305. The minimum atomic E-state index is 0.305. The lowest BCUT2D eigenvalue weighted by molar-refractivity contribution is 0.171. The third kappa shape index (κ3) is 4.82. The average molecular weight is 266 g/mol. The number of hydrogen-bond donors (Lipinski definition) is 1. The Morgan fingerprint density at radius 1 is 1.21 bits per heavy atom. The lowest BCUT2D eigenvalue weighted by Crippen LogP contribution is -2.39. The third-order valence-electron chi connectivity index (χ3n) is 3.19. The highest BCUT2D eigenvalue weighted by atomic mass is 16.5. The molecule has 0 amide bonds. The van der Waals surface area contributed by atoms with Gasteiger partial charge in [-0.1, -0.05) is 18.2 Å². The van der Waals surface area contributed by atoms with E-state index in [1.807, 2.05) is 0 Å². The van der Waals surface area contributed by atoms with E-state index in [1.165, 1.54) is 11.3 Å². The third-order valence-corrected chi connectivity index (χ3v) is 3.19. The molecule has 19 heavy (non-hydrogen) atoms. The molecule has 0 saturated carbocycles. The van der Waals surface area contributed by atoms with E-state index in [0.29, 0.717) is 25.8 Å². The van der Waals surface area contributed by atoms with Crippen LogP contribution in [0, 0.1) is 0 Å².